The van der Waals surface area contributed by atoms with Crippen molar-refractivity contribution in [3.63, 3.8) is 0 Å². The average Bonchev–Trinajstić information content (AvgIpc) is 2.35. The van der Waals surface area contributed by atoms with Gasteiger partial charge in [0, 0.05) is 19.0 Å². The van der Waals surface area contributed by atoms with Crippen LogP contribution in [0.1, 0.15) is 12.5 Å². The summed E-state index contributed by atoms with van der Waals surface area (Å²) in [5.41, 5.74) is 6.43. The summed E-state index contributed by atoms with van der Waals surface area (Å²) in [6.07, 6.45) is 0. The number of carbonyl (C=O) groups is 1. The maximum absolute atomic E-state index is 11.5. The number of methoxy groups -OCH3 is 1. The molecule has 4 nitrogen and oxygen atoms in total. The van der Waals surface area contributed by atoms with Gasteiger partial charge in [-0.25, -0.2) is 0 Å². The van der Waals surface area contributed by atoms with Crippen LogP contribution in [0, 0.1) is 5.92 Å². The standard InChI is InChI=1S/C12H17BrN2O2/c1-8(6-14)12(16)15-7-9-3-4-11(17-2)10(13)5-9/h3-5,8H,6-7,14H2,1-2H3,(H,15,16). The molecule has 1 aromatic rings. The predicted molar refractivity (Wildman–Crippen MR) is 70.8 cm³/mol. The van der Waals surface area contributed by atoms with E-state index in [0.717, 1.165) is 15.8 Å². The van der Waals surface area contributed by atoms with E-state index in [1.807, 2.05) is 18.2 Å². The van der Waals surface area contributed by atoms with E-state index >= 15 is 0 Å². The average molecular weight is 301 g/mol. The van der Waals surface area contributed by atoms with Crippen LogP contribution in [0.4, 0.5) is 0 Å². The molecule has 0 aliphatic rings. The normalized spacial score (nSPS) is 12.0. The summed E-state index contributed by atoms with van der Waals surface area (Å²) in [7, 11) is 1.62. The molecule has 17 heavy (non-hydrogen) atoms. The molecule has 0 saturated carbocycles. The Labute approximate surface area is 110 Å². The lowest BCUT2D eigenvalue weighted by atomic mass is 10.1. The van der Waals surface area contributed by atoms with Crippen LogP contribution in [-0.4, -0.2) is 19.6 Å². The second-order valence-electron chi connectivity index (χ2n) is 3.82. The third-order valence-electron chi connectivity index (χ3n) is 2.48. The van der Waals surface area contributed by atoms with E-state index in [0.29, 0.717) is 13.1 Å². The van der Waals surface area contributed by atoms with Gasteiger partial charge in [0.1, 0.15) is 5.75 Å². The van der Waals surface area contributed by atoms with Gasteiger partial charge in [0.2, 0.25) is 5.91 Å². The first-order valence-electron chi connectivity index (χ1n) is 5.38. The third kappa shape index (κ3) is 4.02. The zero-order valence-corrected chi connectivity index (χ0v) is 11.6. The first kappa shape index (κ1) is 14.0. The van der Waals surface area contributed by atoms with E-state index in [1.54, 1.807) is 14.0 Å². The largest absolute Gasteiger partial charge is 0.496 e. The lowest BCUT2D eigenvalue weighted by Gasteiger charge is -2.11. The monoisotopic (exact) mass is 300 g/mol. The quantitative estimate of drug-likeness (QED) is 0.869. The third-order valence-corrected chi connectivity index (χ3v) is 3.10. The van der Waals surface area contributed by atoms with E-state index in [-0.39, 0.29) is 11.8 Å². The molecule has 0 aromatic heterocycles. The zero-order chi connectivity index (χ0) is 12.8. The number of carbonyl (C=O) groups excluding carboxylic acids is 1. The highest BCUT2D eigenvalue weighted by Crippen LogP contribution is 2.25. The number of nitrogens with two attached hydrogens (primary N) is 1. The highest BCUT2D eigenvalue weighted by atomic mass is 79.9. The minimum Gasteiger partial charge on any atom is -0.496 e. The van der Waals surface area contributed by atoms with Gasteiger partial charge < -0.3 is 15.8 Å². The van der Waals surface area contributed by atoms with Crippen molar-refractivity contribution in [3.05, 3.63) is 28.2 Å². The molecule has 5 heteroatoms. The molecule has 1 rings (SSSR count). The van der Waals surface area contributed by atoms with Gasteiger partial charge in [-0.1, -0.05) is 13.0 Å². The molecule has 0 spiro atoms. The molecule has 1 aromatic carbocycles. The summed E-state index contributed by atoms with van der Waals surface area (Å²) < 4.78 is 6.00. The van der Waals surface area contributed by atoms with Gasteiger partial charge in [0.25, 0.3) is 0 Å². The van der Waals surface area contributed by atoms with Crippen LogP contribution in [-0.2, 0) is 11.3 Å². The van der Waals surface area contributed by atoms with Crippen LogP contribution in [0.5, 0.6) is 5.75 Å². The van der Waals surface area contributed by atoms with Crippen molar-refractivity contribution in [2.45, 2.75) is 13.5 Å². The minimum atomic E-state index is -0.156. The van der Waals surface area contributed by atoms with E-state index < -0.39 is 0 Å². The second-order valence-corrected chi connectivity index (χ2v) is 4.68. The van der Waals surface area contributed by atoms with Gasteiger partial charge in [-0.15, -0.1) is 0 Å². The fraction of sp³-hybridized carbons (Fsp3) is 0.417. The Morgan fingerprint density at radius 2 is 2.29 bits per heavy atom. The summed E-state index contributed by atoms with van der Waals surface area (Å²) in [5, 5.41) is 2.83. The molecule has 0 aliphatic heterocycles. The van der Waals surface area contributed by atoms with E-state index in [2.05, 4.69) is 21.2 Å². The van der Waals surface area contributed by atoms with Crippen molar-refractivity contribution in [2.75, 3.05) is 13.7 Å². The van der Waals surface area contributed by atoms with Crippen LogP contribution >= 0.6 is 15.9 Å². The van der Waals surface area contributed by atoms with Gasteiger partial charge in [-0.2, -0.15) is 0 Å². The molecule has 1 atom stereocenters. The molecule has 94 valence electrons. The van der Waals surface area contributed by atoms with Gasteiger partial charge in [-0.05, 0) is 33.6 Å². The Kier molecular flexibility index (Phi) is 5.44. The van der Waals surface area contributed by atoms with Crippen LogP contribution in [0.25, 0.3) is 0 Å². The SMILES string of the molecule is COc1ccc(CNC(=O)C(C)CN)cc1Br. The van der Waals surface area contributed by atoms with Gasteiger partial charge in [0.05, 0.1) is 11.6 Å². The second kappa shape index (κ2) is 6.61. The summed E-state index contributed by atoms with van der Waals surface area (Å²) in [6, 6.07) is 5.70. The number of hydrogen-bond donors (Lipinski definition) is 2. The summed E-state index contributed by atoms with van der Waals surface area (Å²) in [5.74, 6) is 0.589. The highest BCUT2D eigenvalue weighted by Gasteiger charge is 2.10. The molecule has 0 heterocycles. The Balaban J connectivity index is 2.58. The molecule has 0 saturated heterocycles. The molecular formula is C12H17BrN2O2. The number of ether oxygens (including phenoxy) is 1. The molecule has 1 amide bonds. The Morgan fingerprint density at radius 3 is 2.82 bits per heavy atom. The number of halogens is 1. The van der Waals surface area contributed by atoms with Crippen molar-refractivity contribution >= 4 is 21.8 Å². The summed E-state index contributed by atoms with van der Waals surface area (Å²) in [4.78, 5) is 11.5. The first-order valence-corrected chi connectivity index (χ1v) is 6.18. The Hall–Kier alpha value is -1.07. The minimum absolute atomic E-state index is 0.0283. The summed E-state index contributed by atoms with van der Waals surface area (Å²) in [6.45, 7) is 2.66. The number of hydrogen-bond acceptors (Lipinski definition) is 3. The van der Waals surface area contributed by atoms with Gasteiger partial charge >= 0.3 is 0 Å². The first-order chi connectivity index (χ1) is 8.08. The van der Waals surface area contributed by atoms with E-state index in [1.165, 1.54) is 0 Å². The van der Waals surface area contributed by atoms with E-state index in [4.69, 9.17) is 10.5 Å². The topological polar surface area (TPSA) is 64.3 Å². The predicted octanol–water partition coefficient (Wildman–Crippen LogP) is 1.67. The molecule has 0 fully saturated rings. The highest BCUT2D eigenvalue weighted by molar-refractivity contribution is 9.10. The van der Waals surface area contributed by atoms with Gasteiger partial charge in [-0.3, -0.25) is 4.79 Å². The van der Waals surface area contributed by atoms with E-state index in [9.17, 15) is 4.79 Å². The van der Waals surface area contributed by atoms with Crippen LogP contribution in [0.3, 0.4) is 0 Å². The smallest absolute Gasteiger partial charge is 0.224 e. The van der Waals surface area contributed by atoms with Crippen molar-refractivity contribution < 1.29 is 9.53 Å². The number of benzene rings is 1. The molecule has 1 unspecified atom stereocenters. The number of rotatable bonds is 5. The lowest BCUT2D eigenvalue weighted by Crippen LogP contribution is -2.32. The number of nitrogens with one attached hydrogen (secondary N) is 1. The Morgan fingerprint density at radius 1 is 1.59 bits per heavy atom. The van der Waals surface area contributed by atoms with Crippen molar-refractivity contribution in [2.24, 2.45) is 11.7 Å². The Bertz CT molecular complexity index is 396. The van der Waals surface area contributed by atoms with Crippen molar-refractivity contribution in [3.8, 4) is 5.75 Å². The van der Waals surface area contributed by atoms with Crippen LogP contribution in [0.15, 0.2) is 22.7 Å². The molecule has 0 aliphatic carbocycles. The fourth-order valence-electron chi connectivity index (χ4n) is 1.29. The molecular weight excluding hydrogens is 284 g/mol. The summed E-state index contributed by atoms with van der Waals surface area (Å²) >= 11 is 3.40. The van der Waals surface area contributed by atoms with Crippen molar-refractivity contribution in [1.82, 2.24) is 5.32 Å². The fourth-order valence-corrected chi connectivity index (χ4v) is 1.88. The van der Waals surface area contributed by atoms with Gasteiger partial charge in [0.15, 0.2) is 0 Å². The maximum atomic E-state index is 11.5. The maximum Gasteiger partial charge on any atom is 0.224 e. The molecule has 3 N–H and O–H groups in total. The zero-order valence-electron chi connectivity index (χ0n) is 10.00. The van der Waals surface area contributed by atoms with Crippen molar-refractivity contribution in [1.29, 1.82) is 0 Å². The molecule has 0 bridgehead atoms. The van der Waals surface area contributed by atoms with Crippen LogP contribution < -0.4 is 15.8 Å². The molecule has 0 radical (unpaired) electrons. The lowest BCUT2D eigenvalue weighted by molar-refractivity contribution is -0.124. The van der Waals surface area contributed by atoms with Crippen LogP contribution in [0.2, 0.25) is 0 Å². The number of amides is 1.